The fourth-order valence-electron chi connectivity index (χ4n) is 2.74. The Bertz CT molecular complexity index is 482. The zero-order valence-electron chi connectivity index (χ0n) is 9.58. The molecule has 2 aliphatic rings. The normalized spacial score (nSPS) is 30.6. The molecule has 1 aliphatic carbocycles. The maximum atomic E-state index is 12.9. The van der Waals surface area contributed by atoms with Crippen LogP contribution in [0.5, 0.6) is 0 Å². The highest BCUT2D eigenvalue weighted by Gasteiger charge is 2.53. The molecule has 17 heavy (non-hydrogen) atoms. The van der Waals surface area contributed by atoms with Gasteiger partial charge in [0, 0.05) is 30.6 Å². The molecule has 1 nitrogen and oxygen atoms in total. The van der Waals surface area contributed by atoms with Crippen LogP contribution in [0.15, 0.2) is 18.2 Å². The van der Waals surface area contributed by atoms with Crippen molar-refractivity contribution in [2.45, 2.75) is 0 Å². The van der Waals surface area contributed by atoms with Gasteiger partial charge in [0.05, 0.1) is 0 Å². The molecule has 0 bridgehead atoms. The van der Waals surface area contributed by atoms with E-state index in [4.69, 9.17) is 0 Å². The van der Waals surface area contributed by atoms with Gasteiger partial charge in [-0.15, -0.1) is 0 Å². The minimum absolute atomic E-state index is 0.428. The van der Waals surface area contributed by atoms with Crippen molar-refractivity contribution >= 4 is 0 Å². The van der Waals surface area contributed by atoms with Crippen molar-refractivity contribution in [2.75, 3.05) is 20.1 Å². The van der Waals surface area contributed by atoms with Crippen LogP contribution in [0.4, 0.5) is 8.78 Å². The van der Waals surface area contributed by atoms with E-state index >= 15 is 0 Å². The lowest BCUT2D eigenvalue weighted by Gasteiger charge is -2.09. The van der Waals surface area contributed by atoms with E-state index in [-0.39, 0.29) is 0 Å². The van der Waals surface area contributed by atoms with Gasteiger partial charge in [0.25, 0.3) is 0 Å². The lowest BCUT2D eigenvalue weighted by atomic mass is 10.2. The first-order valence-electron chi connectivity index (χ1n) is 5.79. The summed E-state index contributed by atoms with van der Waals surface area (Å²) in [5.41, 5.74) is 0.431. The minimum Gasteiger partial charge on any atom is -0.306 e. The first kappa shape index (κ1) is 10.7. The van der Waals surface area contributed by atoms with Gasteiger partial charge in [-0.1, -0.05) is 11.8 Å². The molecule has 1 aromatic carbocycles. The fourth-order valence-corrected chi connectivity index (χ4v) is 2.74. The molecule has 0 aromatic heterocycles. The predicted octanol–water partition coefficient (Wildman–Crippen LogP) is 2.12. The Morgan fingerprint density at radius 3 is 2.29 bits per heavy atom. The average Bonchev–Trinajstić information content (AvgIpc) is 2.69. The van der Waals surface area contributed by atoms with Crippen molar-refractivity contribution in [1.82, 2.24) is 4.90 Å². The zero-order valence-corrected chi connectivity index (χ0v) is 9.58. The molecule has 1 saturated heterocycles. The summed E-state index contributed by atoms with van der Waals surface area (Å²) in [6.07, 6.45) is 0. The smallest absolute Gasteiger partial charge is 0.127 e. The minimum atomic E-state index is -0.565. The number of fused-ring (bicyclic) bond motifs is 1. The second-order valence-corrected chi connectivity index (χ2v) is 5.00. The summed E-state index contributed by atoms with van der Waals surface area (Å²) in [4.78, 5) is 2.30. The number of hydrogen-bond acceptors (Lipinski definition) is 1. The second kappa shape index (κ2) is 3.82. The summed E-state index contributed by atoms with van der Waals surface area (Å²) in [6.45, 7) is 2.20. The third-order valence-electron chi connectivity index (χ3n) is 3.62. The van der Waals surface area contributed by atoms with E-state index in [0.29, 0.717) is 23.3 Å². The van der Waals surface area contributed by atoms with Gasteiger partial charge >= 0.3 is 0 Å². The number of benzene rings is 1. The summed E-state index contributed by atoms with van der Waals surface area (Å²) in [7, 11) is 2.11. The summed E-state index contributed by atoms with van der Waals surface area (Å²) >= 11 is 0. The van der Waals surface area contributed by atoms with Gasteiger partial charge in [-0.3, -0.25) is 0 Å². The third-order valence-corrected chi connectivity index (χ3v) is 3.62. The molecule has 3 rings (SSSR count). The van der Waals surface area contributed by atoms with E-state index in [1.54, 1.807) is 0 Å². The number of likely N-dealkylation sites (tertiary alicyclic amines) is 1. The fraction of sp³-hybridized carbons (Fsp3) is 0.429. The van der Waals surface area contributed by atoms with Crippen LogP contribution in [0.3, 0.4) is 0 Å². The molecule has 0 amide bonds. The van der Waals surface area contributed by atoms with Crippen molar-refractivity contribution < 1.29 is 8.78 Å². The molecular formula is C14H13F2N. The Labute approximate surface area is 99.4 Å². The summed E-state index contributed by atoms with van der Waals surface area (Å²) in [5, 5.41) is 0. The highest BCUT2D eigenvalue weighted by atomic mass is 19.1. The third kappa shape index (κ3) is 2.05. The molecule has 1 aliphatic heterocycles. The van der Waals surface area contributed by atoms with Crippen LogP contribution >= 0.6 is 0 Å². The average molecular weight is 233 g/mol. The van der Waals surface area contributed by atoms with Gasteiger partial charge in [-0.2, -0.15) is 0 Å². The monoisotopic (exact) mass is 233 g/mol. The Morgan fingerprint density at radius 1 is 1.12 bits per heavy atom. The Kier molecular flexibility index (Phi) is 2.41. The lowest BCUT2D eigenvalue weighted by Crippen LogP contribution is -2.18. The van der Waals surface area contributed by atoms with E-state index in [0.717, 1.165) is 19.2 Å². The zero-order chi connectivity index (χ0) is 12.0. The molecule has 1 saturated carbocycles. The molecule has 2 fully saturated rings. The van der Waals surface area contributed by atoms with Crippen LogP contribution in [-0.2, 0) is 0 Å². The Morgan fingerprint density at radius 2 is 1.71 bits per heavy atom. The maximum Gasteiger partial charge on any atom is 0.127 e. The number of nitrogens with zero attached hydrogens (tertiary/aromatic N) is 1. The molecule has 0 spiro atoms. The molecule has 1 heterocycles. The van der Waals surface area contributed by atoms with Crippen LogP contribution in [0, 0.1) is 41.2 Å². The van der Waals surface area contributed by atoms with Crippen molar-refractivity contribution in [2.24, 2.45) is 17.8 Å². The number of piperidine rings is 1. The molecule has 0 N–H and O–H groups in total. The SMILES string of the molecule is CN1C[C@@H]2C(C#Cc3cc(F)cc(F)c3)[C@@H]2C1. The van der Waals surface area contributed by atoms with E-state index in [1.165, 1.54) is 12.1 Å². The molecular weight excluding hydrogens is 220 g/mol. The van der Waals surface area contributed by atoms with Gasteiger partial charge in [0.1, 0.15) is 11.6 Å². The number of hydrogen-bond donors (Lipinski definition) is 0. The van der Waals surface area contributed by atoms with Crippen LogP contribution in [0.1, 0.15) is 5.56 Å². The lowest BCUT2D eigenvalue weighted by molar-refractivity contribution is 0.360. The van der Waals surface area contributed by atoms with Gasteiger partial charge in [0.2, 0.25) is 0 Å². The highest BCUT2D eigenvalue weighted by Crippen LogP contribution is 2.50. The van der Waals surface area contributed by atoms with Crippen molar-refractivity contribution in [3.63, 3.8) is 0 Å². The first-order valence-corrected chi connectivity index (χ1v) is 5.79. The van der Waals surface area contributed by atoms with Crippen LogP contribution in [-0.4, -0.2) is 25.0 Å². The van der Waals surface area contributed by atoms with Gasteiger partial charge in [-0.25, -0.2) is 8.78 Å². The largest absolute Gasteiger partial charge is 0.306 e. The number of halogens is 2. The summed E-state index contributed by atoms with van der Waals surface area (Å²) < 4.78 is 25.9. The van der Waals surface area contributed by atoms with E-state index in [9.17, 15) is 8.78 Å². The molecule has 88 valence electrons. The van der Waals surface area contributed by atoms with Crippen LogP contribution in [0.2, 0.25) is 0 Å². The topological polar surface area (TPSA) is 3.24 Å². The van der Waals surface area contributed by atoms with Gasteiger partial charge < -0.3 is 4.90 Å². The first-order chi connectivity index (χ1) is 8.13. The Hall–Kier alpha value is -1.40. The van der Waals surface area contributed by atoms with Crippen molar-refractivity contribution in [1.29, 1.82) is 0 Å². The predicted molar refractivity (Wildman–Crippen MR) is 61.2 cm³/mol. The number of rotatable bonds is 0. The van der Waals surface area contributed by atoms with E-state index in [1.807, 2.05) is 0 Å². The standard InChI is InChI=1S/C14H13F2N/c1-17-7-13-12(14(13)8-17)3-2-9-4-10(15)6-11(16)5-9/h4-6,12-14H,7-8H2,1H3/t12?,13-,14+. The molecule has 3 atom stereocenters. The molecule has 1 unspecified atom stereocenters. The second-order valence-electron chi connectivity index (χ2n) is 5.00. The van der Waals surface area contributed by atoms with Gasteiger partial charge in [-0.05, 0) is 31.0 Å². The Balaban J connectivity index is 1.73. The quantitative estimate of drug-likeness (QED) is 0.620. The van der Waals surface area contributed by atoms with Crippen molar-refractivity contribution in [3.05, 3.63) is 35.4 Å². The van der Waals surface area contributed by atoms with Gasteiger partial charge in [0.15, 0.2) is 0 Å². The van der Waals surface area contributed by atoms with Crippen LogP contribution < -0.4 is 0 Å². The molecule has 3 heteroatoms. The highest BCUT2D eigenvalue weighted by molar-refractivity contribution is 5.37. The summed E-state index contributed by atoms with van der Waals surface area (Å²) in [5.74, 6) is 6.67. The molecule has 1 aromatic rings. The van der Waals surface area contributed by atoms with E-state index in [2.05, 4.69) is 23.8 Å². The summed E-state index contributed by atoms with van der Waals surface area (Å²) in [6, 6.07) is 3.42. The van der Waals surface area contributed by atoms with Crippen molar-refractivity contribution in [3.8, 4) is 11.8 Å². The van der Waals surface area contributed by atoms with Crippen LogP contribution in [0.25, 0.3) is 0 Å². The van der Waals surface area contributed by atoms with E-state index < -0.39 is 11.6 Å². The molecule has 0 radical (unpaired) electrons. The maximum absolute atomic E-state index is 12.9.